The summed E-state index contributed by atoms with van der Waals surface area (Å²) in [6, 6.07) is 7.78. The average Bonchev–Trinajstić information content (AvgIpc) is 2.39. The van der Waals surface area contributed by atoms with Crippen LogP contribution in [0.4, 0.5) is 18.9 Å². The van der Waals surface area contributed by atoms with Gasteiger partial charge in [0.25, 0.3) is 0 Å². The van der Waals surface area contributed by atoms with Gasteiger partial charge < -0.3 is 10.2 Å². The van der Waals surface area contributed by atoms with Gasteiger partial charge in [0.05, 0.1) is 6.54 Å². The Labute approximate surface area is 111 Å². The van der Waals surface area contributed by atoms with Crippen molar-refractivity contribution in [2.45, 2.75) is 32.0 Å². The van der Waals surface area contributed by atoms with Gasteiger partial charge in [-0.3, -0.25) is 0 Å². The number of piperidine rings is 1. The fourth-order valence-electron chi connectivity index (χ4n) is 2.33. The highest BCUT2D eigenvalue weighted by molar-refractivity contribution is 5.47. The molecule has 1 saturated heterocycles. The molecule has 0 radical (unpaired) electrons. The molecule has 0 amide bonds. The van der Waals surface area contributed by atoms with Gasteiger partial charge in [-0.25, -0.2) is 0 Å². The molecular weight excluding hydrogens is 253 g/mol. The lowest BCUT2D eigenvalue weighted by molar-refractivity contribution is -0.125. The lowest BCUT2D eigenvalue weighted by atomic mass is 10.1. The third kappa shape index (κ3) is 4.74. The van der Waals surface area contributed by atoms with Crippen molar-refractivity contribution in [2.75, 3.05) is 24.5 Å². The molecule has 1 heterocycles. The maximum atomic E-state index is 12.0. The second-order valence-corrected chi connectivity index (χ2v) is 4.93. The van der Waals surface area contributed by atoms with Crippen LogP contribution in [0.1, 0.15) is 24.8 Å². The van der Waals surface area contributed by atoms with E-state index in [1.807, 2.05) is 24.3 Å². The van der Waals surface area contributed by atoms with E-state index in [-0.39, 0.29) is 6.54 Å². The molecule has 1 aliphatic rings. The van der Waals surface area contributed by atoms with E-state index >= 15 is 0 Å². The number of hydrogen-bond acceptors (Lipinski definition) is 2. The molecule has 5 heteroatoms. The predicted molar refractivity (Wildman–Crippen MR) is 70.3 cm³/mol. The van der Waals surface area contributed by atoms with Gasteiger partial charge in [-0.15, -0.1) is 0 Å². The van der Waals surface area contributed by atoms with Crippen molar-refractivity contribution in [3.8, 4) is 0 Å². The van der Waals surface area contributed by atoms with Gasteiger partial charge in [0.1, 0.15) is 0 Å². The molecule has 1 aliphatic heterocycles. The quantitative estimate of drug-likeness (QED) is 0.904. The van der Waals surface area contributed by atoms with Crippen LogP contribution in [0.2, 0.25) is 0 Å². The van der Waals surface area contributed by atoms with Crippen LogP contribution in [0, 0.1) is 0 Å². The summed E-state index contributed by atoms with van der Waals surface area (Å²) in [6.45, 7) is 1.46. The second-order valence-electron chi connectivity index (χ2n) is 4.93. The zero-order valence-electron chi connectivity index (χ0n) is 10.8. The summed E-state index contributed by atoms with van der Waals surface area (Å²) >= 11 is 0. The lowest BCUT2D eigenvalue weighted by Gasteiger charge is -2.28. The zero-order chi connectivity index (χ0) is 13.7. The molecular formula is C14H19F3N2. The van der Waals surface area contributed by atoms with Crippen molar-refractivity contribution in [1.29, 1.82) is 0 Å². The summed E-state index contributed by atoms with van der Waals surface area (Å²) in [5.74, 6) is 0. The van der Waals surface area contributed by atoms with E-state index in [2.05, 4.69) is 10.2 Å². The van der Waals surface area contributed by atoms with Crippen LogP contribution < -0.4 is 10.2 Å². The summed E-state index contributed by atoms with van der Waals surface area (Å²) in [6.07, 6.45) is -0.423. The smallest absolute Gasteiger partial charge is 0.372 e. The highest BCUT2D eigenvalue weighted by Crippen LogP contribution is 2.20. The van der Waals surface area contributed by atoms with Crippen LogP contribution in [0.15, 0.2) is 24.3 Å². The summed E-state index contributed by atoms with van der Waals surface area (Å²) in [5, 5.41) is 2.40. The molecule has 1 aromatic rings. The fourth-order valence-corrected chi connectivity index (χ4v) is 2.33. The van der Waals surface area contributed by atoms with Gasteiger partial charge in [0.2, 0.25) is 0 Å². The first kappa shape index (κ1) is 14.2. The zero-order valence-corrected chi connectivity index (χ0v) is 10.8. The fraction of sp³-hybridized carbons (Fsp3) is 0.571. The lowest BCUT2D eigenvalue weighted by Crippen LogP contribution is -2.29. The van der Waals surface area contributed by atoms with Crippen molar-refractivity contribution in [2.24, 2.45) is 0 Å². The van der Waals surface area contributed by atoms with Crippen molar-refractivity contribution in [3.63, 3.8) is 0 Å². The van der Waals surface area contributed by atoms with Crippen LogP contribution in [-0.4, -0.2) is 25.8 Å². The molecule has 0 unspecified atom stereocenters. The molecule has 0 spiro atoms. The number of nitrogens with zero attached hydrogens (tertiary/aromatic N) is 1. The van der Waals surface area contributed by atoms with Crippen molar-refractivity contribution >= 4 is 5.69 Å². The highest BCUT2D eigenvalue weighted by Gasteiger charge is 2.26. The van der Waals surface area contributed by atoms with E-state index in [1.165, 1.54) is 24.9 Å². The van der Waals surface area contributed by atoms with E-state index in [9.17, 15) is 13.2 Å². The normalized spacial score (nSPS) is 16.7. The van der Waals surface area contributed by atoms with Gasteiger partial charge in [-0.1, -0.05) is 12.1 Å². The van der Waals surface area contributed by atoms with Crippen LogP contribution in [0.5, 0.6) is 0 Å². The Morgan fingerprint density at radius 2 is 1.63 bits per heavy atom. The molecule has 2 nitrogen and oxygen atoms in total. The Hall–Kier alpha value is -1.23. The van der Waals surface area contributed by atoms with E-state index in [0.717, 1.165) is 18.7 Å². The number of halogens is 3. The first-order valence-electron chi connectivity index (χ1n) is 6.66. The minimum atomic E-state index is -4.15. The number of rotatable bonds is 4. The van der Waals surface area contributed by atoms with Gasteiger partial charge >= 0.3 is 6.18 Å². The number of alkyl halides is 3. The maximum Gasteiger partial charge on any atom is 0.401 e. The summed E-state index contributed by atoms with van der Waals surface area (Å²) < 4.78 is 36.0. The van der Waals surface area contributed by atoms with E-state index in [4.69, 9.17) is 0 Å². The van der Waals surface area contributed by atoms with Crippen LogP contribution in [-0.2, 0) is 6.54 Å². The maximum absolute atomic E-state index is 12.0. The Kier molecular flexibility index (Phi) is 4.69. The molecule has 1 fully saturated rings. The van der Waals surface area contributed by atoms with Crippen molar-refractivity contribution in [3.05, 3.63) is 29.8 Å². The van der Waals surface area contributed by atoms with Gasteiger partial charge in [0, 0.05) is 25.3 Å². The SMILES string of the molecule is FC(F)(F)CNCc1ccc(N2CCCCC2)cc1. The molecule has 106 valence electrons. The topological polar surface area (TPSA) is 15.3 Å². The molecule has 1 aromatic carbocycles. The molecule has 0 aromatic heterocycles. The predicted octanol–water partition coefficient (Wildman–Crippen LogP) is 3.33. The Bertz CT molecular complexity index is 381. The van der Waals surface area contributed by atoms with Gasteiger partial charge in [0.15, 0.2) is 0 Å². The first-order chi connectivity index (χ1) is 9.04. The third-order valence-electron chi connectivity index (χ3n) is 3.31. The van der Waals surface area contributed by atoms with Gasteiger partial charge in [-0.2, -0.15) is 13.2 Å². The molecule has 1 N–H and O–H groups in total. The number of benzene rings is 1. The minimum Gasteiger partial charge on any atom is -0.372 e. The monoisotopic (exact) mass is 272 g/mol. The molecule has 0 bridgehead atoms. The van der Waals surface area contributed by atoms with Crippen LogP contribution in [0.25, 0.3) is 0 Å². The highest BCUT2D eigenvalue weighted by atomic mass is 19.4. The van der Waals surface area contributed by atoms with E-state index in [0.29, 0.717) is 0 Å². The van der Waals surface area contributed by atoms with E-state index in [1.54, 1.807) is 0 Å². The molecule has 19 heavy (non-hydrogen) atoms. The average molecular weight is 272 g/mol. The molecule has 0 aliphatic carbocycles. The number of nitrogens with one attached hydrogen (secondary N) is 1. The second kappa shape index (κ2) is 6.28. The van der Waals surface area contributed by atoms with Crippen LogP contribution in [0.3, 0.4) is 0 Å². The summed E-state index contributed by atoms with van der Waals surface area (Å²) in [7, 11) is 0. The Morgan fingerprint density at radius 1 is 1.00 bits per heavy atom. The third-order valence-corrected chi connectivity index (χ3v) is 3.31. The first-order valence-corrected chi connectivity index (χ1v) is 6.66. The number of hydrogen-bond donors (Lipinski definition) is 1. The Morgan fingerprint density at radius 3 is 2.21 bits per heavy atom. The van der Waals surface area contributed by atoms with Crippen molar-refractivity contribution in [1.82, 2.24) is 5.32 Å². The minimum absolute atomic E-state index is 0.250. The van der Waals surface area contributed by atoms with E-state index < -0.39 is 12.7 Å². The van der Waals surface area contributed by atoms with Crippen LogP contribution >= 0.6 is 0 Å². The Balaban J connectivity index is 1.84. The molecule has 0 atom stereocenters. The van der Waals surface area contributed by atoms with Crippen molar-refractivity contribution < 1.29 is 13.2 Å². The number of anilines is 1. The molecule has 0 saturated carbocycles. The van der Waals surface area contributed by atoms with Gasteiger partial charge in [-0.05, 0) is 37.0 Å². The summed E-state index contributed by atoms with van der Waals surface area (Å²) in [4.78, 5) is 2.33. The standard InChI is InChI=1S/C14H19F3N2/c15-14(16,17)11-18-10-12-4-6-13(7-5-12)19-8-2-1-3-9-19/h4-7,18H,1-3,8-11H2. The largest absolute Gasteiger partial charge is 0.401 e. The summed E-state index contributed by atoms with van der Waals surface area (Å²) in [5.41, 5.74) is 2.05. The molecule has 2 rings (SSSR count).